The second-order valence-electron chi connectivity index (χ2n) is 10.4. The van der Waals surface area contributed by atoms with Crippen molar-refractivity contribution < 1.29 is 29.0 Å². The Morgan fingerprint density at radius 1 is 1.20 bits per heavy atom. The summed E-state index contributed by atoms with van der Waals surface area (Å²) in [4.78, 5) is 46.8. The van der Waals surface area contributed by atoms with Gasteiger partial charge in [0.05, 0.1) is 24.5 Å². The summed E-state index contributed by atoms with van der Waals surface area (Å²) in [5, 5.41) is 9.58. The first-order valence-electron chi connectivity index (χ1n) is 14.1. The molecule has 0 saturated carbocycles. The molecule has 3 saturated heterocycles. The molecule has 218 valence electrons. The zero-order valence-corrected chi connectivity index (χ0v) is 24.9. The molecule has 1 aromatic rings. The molecule has 0 aliphatic carbocycles. The first kappa shape index (κ1) is 30.3. The average molecular weight is 619 g/mol. The summed E-state index contributed by atoms with van der Waals surface area (Å²) in [6.07, 6.45) is 3.93. The van der Waals surface area contributed by atoms with E-state index in [1.54, 1.807) is 17.1 Å². The van der Waals surface area contributed by atoms with Crippen molar-refractivity contribution >= 4 is 45.1 Å². The molecule has 3 fully saturated rings. The van der Waals surface area contributed by atoms with Crippen LogP contribution < -0.4 is 9.80 Å². The van der Waals surface area contributed by atoms with Crippen LogP contribution in [0.1, 0.15) is 33.1 Å². The van der Waals surface area contributed by atoms with Gasteiger partial charge in [0.2, 0.25) is 5.91 Å². The van der Waals surface area contributed by atoms with Crippen LogP contribution >= 0.6 is 15.9 Å². The SMILES string of the molecule is C=CCCOC(=O)[C@H]1[C@@H]2OC3(CC2Br)C(C(=O)N(CC=C)c2ccc(N(CC)CC)cc2)N(CCCO)C(=O)[C@H]13. The Balaban J connectivity index is 1.71. The minimum Gasteiger partial charge on any atom is -0.465 e. The Bertz CT molecular complexity index is 1110. The second kappa shape index (κ2) is 12.9. The van der Waals surface area contributed by atoms with E-state index in [9.17, 15) is 19.5 Å². The highest BCUT2D eigenvalue weighted by atomic mass is 79.9. The van der Waals surface area contributed by atoms with Gasteiger partial charge in [0.25, 0.3) is 5.91 Å². The van der Waals surface area contributed by atoms with E-state index < -0.39 is 35.6 Å². The predicted octanol–water partition coefficient (Wildman–Crippen LogP) is 3.30. The van der Waals surface area contributed by atoms with E-state index in [2.05, 4.69) is 47.8 Å². The Labute approximate surface area is 244 Å². The Morgan fingerprint density at radius 3 is 2.48 bits per heavy atom. The van der Waals surface area contributed by atoms with Gasteiger partial charge in [0.15, 0.2) is 0 Å². The number of carbonyl (C=O) groups excluding carboxylic acids is 3. The maximum Gasteiger partial charge on any atom is 0.312 e. The quantitative estimate of drug-likeness (QED) is 0.148. The highest BCUT2D eigenvalue weighted by Crippen LogP contribution is 2.60. The van der Waals surface area contributed by atoms with Gasteiger partial charge in [0, 0.05) is 49.0 Å². The van der Waals surface area contributed by atoms with Crippen molar-refractivity contribution in [2.24, 2.45) is 11.8 Å². The van der Waals surface area contributed by atoms with Crippen molar-refractivity contribution in [3.8, 4) is 0 Å². The third-order valence-electron chi connectivity index (χ3n) is 8.29. The van der Waals surface area contributed by atoms with E-state index in [1.165, 1.54) is 4.90 Å². The predicted molar refractivity (Wildman–Crippen MR) is 157 cm³/mol. The summed E-state index contributed by atoms with van der Waals surface area (Å²) in [6.45, 7) is 13.9. The van der Waals surface area contributed by atoms with Gasteiger partial charge in [-0.05, 0) is 57.4 Å². The molecule has 6 atom stereocenters. The Hall–Kier alpha value is -2.69. The standard InChI is InChI=1S/C30H40BrN3O6/c1-5-9-18-39-29(38)23-24-27(36)34(16-10-17-35)26(30(24)19-22(31)25(23)40-30)28(37)33(15-6-2)21-13-11-20(12-14-21)32(7-3)8-4/h5-6,11-14,22-26,35H,1-2,7-10,15-19H2,3-4H3/t22?,23-,24+,25-,26?,30?/m1/s1. The minimum absolute atomic E-state index is 0.136. The van der Waals surface area contributed by atoms with Gasteiger partial charge in [-0.2, -0.15) is 0 Å². The molecule has 0 aromatic heterocycles. The maximum atomic E-state index is 14.5. The molecule has 10 heteroatoms. The van der Waals surface area contributed by atoms with Crippen LogP contribution in [-0.4, -0.2) is 89.8 Å². The number of aliphatic hydroxyl groups is 1. The summed E-state index contributed by atoms with van der Waals surface area (Å²) in [7, 11) is 0. The molecule has 1 N–H and O–H groups in total. The summed E-state index contributed by atoms with van der Waals surface area (Å²) in [5.41, 5.74) is 0.542. The van der Waals surface area contributed by atoms with Gasteiger partial charge in [-0.15, -0.1) is 13.2 Å². The number of amides is 2. The van der Waals surface area contributed by atoms with Crippen molar-refractivity contribution in [3.63, 3.8) is 0 Å². The maximum absolute atomic E-state index is 14.5. The number of esters is 1. The number of halogens is 1. The topological polar surface area (TPSA) is 99.6 Å². The molecule has 0 radical (unpaired) electrons. The van der Waals surface area contributed by atoms with Crippen LogP contribution in [0.3, 0.4) is 0 Å². The lowest BCUT2D eigenvalue weighted by molar-refractivity contribution is -0.154. The summed E-state index contributed by atoms with van der Waals surface area (Å²) in [6, 6.07) is 6.81. The van der Waals surface area contributed by atoms with Gasteiger partial charge in [0.1, 0.15) is 11.6 Å². The lowest BCUT2D eigenvalue weighted by atomic mass is 9.70. The third-order valence-corrected chi connectivity index (χ3v) is 9.13. The fourth-order valence-corrected chi connectivity index (χ4v) is 7.47. The Kier molecular flexibility index (Phi) is 9.74. The highest BCUT2D eigenvalue weighted by Gasteiger charge is 2.77. The number of benzene rings is 1. The molecule has 9 nitrogen and oxygen atoms in total. The van der Waals surface area contributed by atoms with Crippen LogP contribution in [0.25, 0.3) is 0 Å². The number of alkyl halides is 1. The van der Waals surface area contributed by atoms with Crippen LogP contribution in [0.2, 0.25) is 0 Å². The van der Waals surface area contributed by atoms with Crippen molar-refractivity contribution in [1.82, 2.24) is 4.90 Å². The van der Waals surface area contributed by atoms with Crippen LogP contribution in [0.5, 0.6) is 0 Å². The first-order valence-corrected chi connectivity index (χ1v) is 15.0. The van der Waals surface area contributed by atoms with E-state index in [1.807, 2.05) is 24.3 Å². The van der Waals surface area contributed by atoms with Crippen LogP contribution in [0.15, 0.2) is 49.6 Å². The number of hydrogen-bond donors (Lipinski definition) is 1. The number of hydrogen-bond acceptors (Lipinski definition) is 7. The largest absolute Gasteiger partial charge is 0.465 e. The number of ether oxygens (including phenoxy) is 2. The number of carbonyl (C=O) groups is 3. The van der Waals surface area contributed by atoms with Crippen LogP contribution in [0.4, 0.5) is 11.4 Å². The first-order chi connectivity index (χ1) is 19.3. The highest BCUT2D eigenvalue weighted by molar-refractivity contribution is 9.09. The molecule has 3 aliphatic rings. The minimum atomic E-state index is -1.19. The second-order valence-corrected chi connectivity index (χ2v) is 11.6. The number of rotatable bonds is 14. The molecule has 3 heterocycles. The van der Waals surface area contributed by atoms with E-state index in [-0.39, 0.29) is 42.9 Å². The monoisotopic (exact) mass is 617 g/mol. The fraction of sp³-hybridized carbons (Fsp3) is 0.567. The molecule has 1 spiro atoms. The number of anilines is 2. The van der Waals surface area contributed by atoms with E-state index in [0.29, 0.717) is 24.9 Å². The van der Waals surface area contributed by atoms with Gasteiger partial charge in [-0.3, -0.25) is 14.4 Å². The van der Waals surface area contributed by atoms with E-state index in [0.717, 1.165) is 18.8 Å². The van der Waals surface area contributed by atoms with E-state index >= 15 is 0 Å². The smallest absolute Gasteiger partial charge is 0.312 e. The third kappa shape index (κ3) is 5.21. The zero-order chi connectivity index (χ0) is 29.0. The Morgan fingerprint density at radius 2 is 1.88 bits per heavy atom. The molecule has 2 bridgehead atoms. The average Bonchev–Trinajstić information content (AvgIpc) is 3.54. The normalized spacial score (nSPS) is 28.4. The van der Waals surface area contributed by atoms with Gasteiger partial charge in [-0.25, -0.2) is 0 Å². The van der Waals surface area contributed by atoms with Crippen molar-refractivity contribution in [3.05, 3.63) is 49.6 Å². The van der Waals surface area contributed by atoms with Crippen molar-refractivity contribution in [2.45, 2.75) is 55.7 Å². The molecule has 2 amide bonds. The van der Waals surface area contributed by atoms with Crippen LogP contribution in [-0.2, 0) is 23.9 Å². The molecule has 3 unspecified atom stereocenters. The summed E-state index contributed by atoms with van der Waals surface area (Å²) in [5.74, 6) is -2.78. The molecule has 3 aliphatic heterocycles. The lowest BCUT2D eigenvalue weighted by Crippen LogP contribution is -2.57. The van der Waals surface area contributed by atoms with Crippen molar-refractivity contribution in [1.29, 1.82) is 0 Å². The summed E-state index contributed by atoms with van der Waals surface area (Å²) >= 11 is 3.67. The number of fused-ring (bicyclic) bond motifs is 1. The van der Waals surface area contributed by atoms with Gasteiger partial charge in [-0.1, -0.05) is 28.1 Å². The number of aliphatic hydroxyl groups excluding tert-OH is 1. The van der Waals surface area contributed by atoms with Crippen molar-refractivity contribution in [2.75, 3.05) is 49.2 Å². The molecule has 40 heavy (non-hydrogen) atoms. The summed E-state index contributed by atoms with van der Waals surface area (Å²) < 4.78 is 12.0. The number of likely N-dealkylation sites (tertiary alicyclic amines) is 1. The molecular formula is C30H40BrN3O6. The zero-order valence-electron chi connectivity index (χ0n) is 23.3. The van der Waals surface area contributed by atoms with Gasteiger partial charge < -0.3 is 29.3 Å². The fourth-order valence-electron chi connectivity index (χ4n) is 6.53. The number of nitrogens with zero attached hydrogens (tertiary/aromatic N) is 3. The van der Waals surface area contributed by atoms with E-state index in [4.69, 9.17) is 9.47 Å². The van der Waals surface area contributed by atoms with Gasteiger partial charge >= 0.3 is 5.97 Å². The van der Waals surface area contributed by atoms with Crippen LogP contribution in [0, 0.1) is 11.8 Å². The molecular weight excluding hydrogens is 578 g/mol. The lowest BCUT2D eigenvalue weighted by Gasteiger charge is -2.37. The molecule has 4 rings (SSSR count). The molecule has 1 aromatic carbocycles.